The molecule has 4 rings (SSSR count). The highest BCUT2D eigenvalue weighted by Crippen LogP contribution is 2.34. The quantitative estimate of drug-likeness (QED) is 0.669. The van der Waals surface area contributed by atoms with Gasteiger partial charge < -0.3 is 14.5 Å². The minimum Gasteiger partial charge on any atom is -0.490 e. The van der Waals surface area contributed by atoms with Gasteiger partial charge >= 0.3 is 0 Å². The van der Waals surface area contributed by atoms with Crippen LogP contribution in [0, 0.1) is 17.1 Å². The molecule has 1 fully saturated rings. The number of hydrogen-bond donors (Lipinski definition) is 0. The van der Waals surface area contributed by atoms with Crippen molar-refractivity contribution in [3.8, 4) is 11.8 Å². The van der Waals surface area contributed by atoms with E-state index in [4.69, 9.17) is 16.3 Å². The highest BCUT2D eigenvalue weighted by Gasteiger charge is 2.45. The number of amides is 1. The van der Waals surface area contributed by atoms with Gasteiger partial charge in [-0.3, -0.25) is 9.78 Å². The van der Waals surface area contributed by atoms with Crippen molar-refractivity contribution >= 4 is 23.3 Å². The summed E-state index contributed by atoms with van der Waals surface area (Å²) in [5.74, 6) is -0.931. The van der Waals surface area contributed by atoms with Crippen molar-refractivity contribution < 1.29 is 18.3 Å². The van der Waals surface area contributed by atoms with Crippen LogP contribution in [0.5, 0.6) is 5.75 Å². The van der Waals surface area contributed by atoms with Crippen molar-refractivity contribution in [2.45, 2.75) is 25.1 Å². The average molecular weight is 435 g/mol. The fourth-order valence-electron chi connectivity index (χ4n) is 3.70. The van der Waals surface area contributed by atoms with Gasteiger partial charge in [-0.2, -0.15) is 10.2 Å². The van der Waals surface area contributed by atoms with Crippen molar-refractivity contribution in [2.75, 3.05) is 31.1 Å². The summed E-state index contributed by atoms with van der Waals surface area (Å²) in [6, 6.07) is 2.01. The number of aromatic nitrogens is 3. The summed E-state index contributed by atoms with van der Waals surface area (Å²) in [7, 11) is 0. The molecule has 0 atom stereocenters. The van der Waals surface area contributed by atoms with Gasteiger partial charge in [-0.15, -0.1) is 0 Å². The van der Waals surface area contributed by atoms with Gasteiger partial charge in [0.05, 0.1) is 19.3 Å². The van der Waals surface area contributed by atoms with E-state index in [0.29, 0.717) is 11.3 Å². The summed E-state index contributed by atoms with van der Waals surface area (Å²) in [4.78, 5) is 27.4. The van der Waals surface area contributed by atoms with Gasteiger partial charge in [-0.1, -0.05) is 0 Å². The van der Waals surface area contributed by atoms with Gasteiger partial charge in [0, 0.05) is 43.9 Å². The second kappa shape index (κ2) is 7.99. The lowest BCUT2D eigenvalue weighted by Gasteiger charge is -2.38. The number of anilines is 1. The van der Waals surface area contributed by atoms with Crippen LogP contribution in [0.4, 0.5) is 14.6 Å². The number of hydrogen-bond acceptors (Lipinski definition) is 7. The number of pyridine rings is 1. The molecule has 1 amide bonds. The molecule has 2 aromatic heterocycles. The molecule has 0 N–H and O–H groups in total. The molecule has 0 aliphatic carbocycles. The van der Waals surface area contributed by atoms with Crippen LogP contribution in [0.2, 0.25) is 5.28 Å². The van der Waals surface area contributed by atoms with Crippen molar-refractivity contribution in [1.29, 1.82) is 5.26 Å². The van der Waals surface area contributed by atoms with E-state index in [1.807, 2.05) is 6.07 Å². The second-order valence-electron chi connectivity index (χ2n) is 7.13. The Hall–Kier alpha value is -3.06. The number of alkyl halides is 1. The zero-order valence-electron chi connectivity index (χ0n) is 15.8. The van der Waals surface area contributed by atoms with Crippen molar-refractivity contribution in [2.24, 2.45) is 0 Å². The first-order chi connectivity index (χ1) is 14.4. The first-order valence-electron chi connectivity index (χ1n) is 9.32. The smallest absolute Gasteiger partial charge is 0.260 e. The Labute approximate surface area is 176 Å². The summed E-state index contributed by atoms with van der Waals surface area (Å²) in [6.45, 7) is 0.636. The maximum Gasteiger partial charge on any atom is 0.260 e. The summed E-state index contributed by atoms with van der Waals surface area (Å²) < 4.78 is 35.2. The topological polar surface area (TPSA) is 95.2 Å². The minimum absolute atomic E-state index is 0.00305. The number of fused-ring (bicyclic) bond motifs is 1. The average Bonchev–Trinajstić information content (AvgIpc) is 2.98. The summed E-state index contributed by atoms with van der Waals surface area (Å²) >= 11 is 5.73. The predicted molar refractivity (Wildman–Crippen MR) is 102 cm³/mol. The molecular weight excluding hydrogens is 418 g/mol. The Morgan fingerprint density at radius 3 is 2.77 bits per heavy atom. The number of nitrogens with zero attached hydrogens (tertiary/aromatic N) is 6. The Morgan fingerprint density at radius 2 is 2.03 bits per heavy atom. The summed E-state index contributed by atoms with van der Waals surface area (Å²) in [5.41, 5.74) is -1.26. The van der Waals surface area contributed by atoms with Gasteiger partial charge in [0.1, 0.15) is 24.0 Å². The van der Waals surface area contributed by atoms with Crippen LogP contribution in [-0.4, -0.2) is 57.7 Å². The number of ether oxygens (including phenoxy) is 1. The van der Waals surface area contributed by atoms with Crippen molar-refractivity contribution in [3.63, 3.8) is 0 Å². The van der Waals surface area contributed by atoms with Crippen LogP contribution in [0.15, 0.2) is 18.6 Å². The van der Waals surface area contributed by atoms with Gasteiger partial charge in [0.15, 0.2) is 17.3 Å². The highest BCUT2D eigenvalue weighted by molar-refractivity contribution is 6.28. The largest absolute Gasteiger partial charge is 0.490 e. The SMILES string of the molecule is N#Cc1cncc2c1OCCN(C(=O)C1(F)CCN(c3nc(Cl)ncc3F)CC1)C2. The molecule has 0 radical (unpaired) electrons. The van der Waals surface area contributed by atoms with Crippen LogP contribution >= 0.6 is 11.6 Å². The number of carbonyl (C=O) groups excluding carboxylic acids is 1. The molecule has 11 heteroatoms. The molecule has 0 spiro atoms. The van der Waals surface area contributed by atoms with E-state index in [2.05, 4.69) is 15.0 Å². The Kier molecular flexibility index (Phi) is 5.39. The van der Waals surface area contributed by atoms with E-state index in [0.717, 1.165) is 6.20 Å². The van der Waals surface area contributed by atoms with Crippen molar-refractivity contribution in [3.05, 3.63) is 40.8 Å². The number of piperidine rings is 1. The molecule has 8 nitrogen and oxygen atoms in total. The summed E-state index contributed by atoms with van der Waals surface area (Å²) in [6.07, 6.45) is 3.63. The highest BCUT2D eigenvalue weighted by atomic mass is 35.5. The standard InChI is InChI=1S/C19H17ClF2N6O2/c20-18-25-10-14(21)16(26-18)27-3-1-19(22,2-4-27)17(29)28-5-6-30-15-12(7-23)8-24-9-13(15)11-28/h8-10H,1-6,11H2. The molecule has 156 valence electrons. The zero-order chi connectivity index (χ0) is 21.3. The second-order valence-corrected chi connectivity index (χ2v) is 7.46. The third-order valence-electron chi connectivity index (χ3n) is 5.28. The number of nitriles is 1. The van der Waals surface area contributed by atoms with E-state index in [9.17, 15) is 14.4 Å². The normalized spacial score (nSPS) is 18.1. The first-order valence-corrected chi connectivity index (χ1v) is 9.70. The zero-order valence-corrected chi connectivity index (χ0v) is 16.6. The van der Waals surface area contributed by atoms with Crippen molar-refractivity contribution in [1.82, 2.24) is 19.9 Å². The van der Waals surface area contributed by atoms with Crippen LogP contribution < -0.4 is 9.64 Å². The third kappa shape index (κ3) is 3.73. The molecule has 2 aliphatic heterocycles. The molecule has 0 unspecified atom stereocenters. The first kappa shape index (κ1) is 20.2. The molecule has 1 saturated heterocycles. The van der Waals surface area contributed by atoms with Crippen LogP contribution in [0.1, 0.15) is 24.0 Å². The fourth-order valence-corrected chi connectivity index (χ4v) is 3.83. The monoisotopic (exact) mass is 434 g/mol. The molecule has 4 heterocycles. The third-order valence-corrected chi connectivity index (χ3v) is 5.46. The molecule has 0 aromatic carbocycles. The predicted octanol–water partition coefficient (Wildman–Crippen LogP) is 2.27. The van der Waals surface area contributed by atoms with E-state index < -0.39 is 17.4 Å². The maximum atomic E-state index is 15.6. The van der Waals surface area contributed by atoms with E-state index in [1.54, 1.807) is 4.90 Å². The van der Waals surface area contributed by atoms with Gasteiger partial charge in [-0.25, -0.2) is 13.8 Å². The lowest BCUT2D eigenvalue weighted by molar-refractivity contribution is -0.146. The number of rotatable bonds is 2. The minimum atomic E-state index is -2.09. The number of carbonyl (C=O) groups is 1. The van der Waals surface area contributed by atoms with Gasteiger partial charge in [0.25, 0.3) is 5.91 Å². The lowest BCUT2D eigenvalue weighted by atomic mass is 9.91. The van der Waals surface area contributed by atoms with Crippen LogP contribution in [-0.2, 0) is 11.3 Å². The van der Waals surface area contributed by atoms with E-state index in [1.165, 1.54) is 17.3 Å². The van der Waals surface area contributed by atoms with Gasteiger partial charge in [-0.05, 0) is 11.6 Å². The maximum absolute atomic E-state index is 15.6. The molecule has 0 saturated carbocycles. The molecule has 2 aliphatic rings. The number of halogens is 3. The van der Waals surface area contributed by atoms with Gasteiger partial charge in [0.2, 0.25) is 5.28 Å². The van der Waals surface area contributed by atoms with E-state index >= 15 is 4.39 Å². The lowest BCUT2D eigenvalue weighted by Crippen LogP contribution is -2.53. The Morgan fingerprint density at radius 1 is 1.27 bits per heavy atom. The fraction of sp³-hybridized carbons (Fsp3) is 0.421. The van der Waals surface area contributed by atoms with Crippen LogP contribution in [0.25, 0.3) is 0 Å². The van der Waals surface area contributed by atoms with Crippen LogP contribution in [0.3, 0.4) is 0 Å². The Balaban J connectivity index is 1.48. The Bertz CT molecular complexity index is 1020. The molecule has 0 bridgehead atoms. The molecule has 2 aromatic rings. The summed E-state index contributed by atoms with van der Waals surface area (Å²) in [5, 5.41) is 9.10. The van der Waals surface area contributed by atoms with E-state index in [-0.39, 0.29) is 62.3 Å². The molecular formula is C19H17ClF2N6O2. The molecule has 30 heavy (non-hydrogen) atoms.